The van der Waals surface area contributed by atoms with E-state index in [4.69, 9.17) is 18.9 Å². The molecule has 2 heterocycles. The van der Waals surface area contributed by atoms with Crippen molar-refractivity contribution >= 4 is 17.9 Å². The van der Waals surface area contributed by atoms with Gasteiger partial charge in [0, 0.05) is 30.6 Å². The van der Waals surface area contributed by atoms with E-state index in [1.54, 1.807) is 7.11 Å². The first-order valence-electron chi connectivity index (χ1n) is 10.3. The average Bonchev–Trinajstić information content (AvgIpc) is 3.41. The van der Waals surface area contributed by atoms with Gasteiger partial charge in [-0.25, -0.2) is 4.79 Å². The fourth-order valence-corrected chi connectivity index (χ4v) is 4.31. The SMILES string of the molecule is COc1cc(CN2CCC(NC(=O)OCc3ccc(SC(F)(F)F)cc3)C2)cc2c1OCO2. The van der Waals surface area contributed by atoms with E-state index in [0.29, 0.717) is 35.9 Å². The number of amides is 1. The molecule has 0 aromatic heterocycles. The summed E-state index contributed by atoms with van der Waals surface area (Å²) >= 11 is -0.181. The molecule has 2 aromatic carbocycles. The molecule has 0 saturated carbocycles. The second kappa shape index (κ2) is 10.0. The second-order valence-corrected chi connectivity index (χ2v) is 8.80. The van der Waals surface area contributed by atoms with Crippen molar-refractivity contribution < 1.29 is 36.9 Å². The van der Waals surface area contributed by atoms with Gasteiger partial charge in [0.1, 0.15) is 6.61 Å². The van der Waals surface area contributed by atoms with E-state index in [0.717, 1.165) is 18.5 Å². The zero-order chi connectivity index (χ0) is 23.4. The van der Waals surface area contributed by atoms with Crippen molar-refractivity contribution in [2.75, 3.05) is 27.0 Å². The highest BCUT2D eigenvalue weighted by Crippen LogP contribution is 2.42. The molecule has 1 fully saturated rings. The molecule has 7 nitrogen and oxygen atoms in total. The quantitative estimate of drug-likeness (QED) is 0.579. The van der Waals surface area contributed by atoms with Gasteiger partial charge in [0.2, 0.25) is 12.5 Å². The standard InChI is InChI=1S/C22H23F3N2O5S/c1-29-18-8-15(9-19-20(18)32-13-31-19)10-27-7-6-16(11-27)26-21(28)30-12-14-2-4-17(5-3-14)33-22(23,24)25/h2-5,8-9,16H,6-7,10-13H2,1H3,(H,26,28). The first-order chi connectivity index (χ1) is 15.8. The number of benzene rings is 2. The van der Waals surface area contributed by atoms with Crippen LogP contribution in [0.15, 0.2) is 41.3 Å². The Kier molecular flexibility index (Phi) is 7.08. The molecule has 1 unspecified atom stereocenters. The van der Waals surface area contributed by atoms with Crippen LogP contribution >= 0.6 is 11.8 Å². The zero-order valence-electron chi connectivity index (χ0n) is 17.8. The van der Waals surface area contributed by atoms with E-state index in [1.165, 1.54) is 24.3 Å². The lowest BCUT2D eigenvalue weighted by Crippen LogP contribution is -2.37. The summed E-state index contributed by atoms with van der Waals surface area (Å²) in [6, 6.07) is 9.53. The van der Waals surface area contributed by atoms with Crippen LogP contribution in [-0.2, 0) is 17.9 Å². The monoisotopic (exact) mass is 484 g/mol. The van der Waals surface area contributed by atoms with Crippen molar-refractivity contribution in [2.45, 2.75) is 36.0 Å². The van der Waals surface area contributed by atoms with Gasteiger partial charge in [-0.3, -0.25) is 4.90 Å². The van der Waals surface area contributed by atoms with Gasteiger partial charge < -0.3 is 24.3 Å². The maximum atomic E-state index is 12.4. The molecule has 0 bridgehead atoms. The molecule has 1 amide bonds. The van der Waals surface area contributed by atoms with E-state index >= 15 is 0 Å². The Labute approximate surface area is 193 Å². The van der Waals surface area contributed by atoms with Gasteiger partial charge in [-0.15, -0.1) is 0 Å². The second-order valence-electron chi connectivity index (χ2n) is 7.66. The van der Waals surface area contributed by atoms with Crippen LogP contribution in [0.1, 0.15) is 17.5 Å². The van der Waals surface area contributed by atoms with E-state index in [2.05, 4.69) is 10.2 Å². The van der Waals surface area contributed by atoms with E-state index in [1.807, 2.05) is 12.1 Å². The van der Waals surface area contributed by atoms with Crippen LogP contribution in [0.25, 0.3) is 0 Å². The number of fused-ring (bicyclic) bond motifs is 1. The summed E-state index contributed by atoms with van der Waals surface area (Å²) in [5, 5.41) is 2.85. The molecule has 1 saturated heterocycles. The molecular weight excluding hydrogens is 461 g/mol. The Balaban J connectivity index is 1.22. The number of thioether (sulfide) groups is 1. The van der Waals surface area contributed by atoms with Gasteiger partial charge in [0.15, 0.2) is 11.5 Å². The number of alkyl carbamates (subject to hydrolysis) is 1. The number of halogens is 3. The predicted octanol–water partition coefficient (Wildman–Crippen LogP) is 4.54. The number of ether oxygens (including phenoxy) is 4. The van der Waals surface area contributed by atoms with Crippen LogP contribution in [0.5, 0.6) is 17.2 Å². The Bertz CT molecular complexity index is 987. The summed E-state index contributed by atoms with van der Waals surface area (Å²) in [6.45, 7) is 2.29. The number of nitrogens with one attached hydrogen (secondary N) is 1. The summed E-state index contributed by atoms with van der Waals surface area (Å²) in [5.74, 6) is 1.90. The zero-order valence-corrected chi connectivity index (χ0v) is 18.6. The minimum atomic E-state index is -4.33. The molecule has 178 valence electrons. The Morgan fingerprint density at radius 1 is 1.21 bits per heavy atom. The Morgan fingerprint density at radius 3 is 2.73 bits per heavy atom. The molecular formula is C22H23F3N2O5S. The third-order valence-electron chi connectivity index (χ3n) is 5.25. The van der Waals surface area contributed by atoms with Gasteiger partial charge in [-0.2, -0.15) is 13.2 Å². The lowest BCUT2D eigenvalue weighted by Gasteiger charge is -2.17. The molecule has 2 aromatic rings. The van der Waals surface area contributed by atoms with Crippen molar-refractivity contribution in [2.24, 2.45) is 0 Å². The van der Waals surface area contributed by atoms with Crippen molar-refractivity contribution in [1.29, 1.82) is 0 Å². The average molecular weight is 484 g/mol. The summed E-state index contributed by atoms with van der Waals surface area (Å²) in [7, 11) is 1.58. The lowest BCUT2D eigenvalue weighted by atomic mass is 10.1. The maximum absolute atomic E-state index is 12.4. The number of hydrogen-bond donors (Lipinski definition) is 1. The summed E-state index contributed by atoms with van der Waals surface area (Å²) < 4.78 is 58.7. The molecule has 0 radical (unpaired) electrons. The maximum Gasteiger partial charge on any atom is 0.446 e. The molecule has 1 atom stereocenters. The van der Waals surface area contributed by atoms with Crippen LogP contribution in [0.4, 0.5) is 18.0 Å². The van der Waals surface area contributed by atoms with Crippen molar-refractivity contribution in [1.82, 2.24) is 10.2 Å². The minimum absolute atomic E-state index is 0.0176. The van der Waals surface area contributed by atoms with Gasteiger partial charge in [-0.05, 0) is 53.6 Å². The third-order valence-corrected chi connectivity index (χ3v) is 5.98. The highest BCUT2D eigenvalue weighted by molar-refractivity contribution is 8.00. The topological polar surface area (TPSA) is 69.3 Å². The molecule has 33 heavy (non-hydrogen) atoms. The lowest BCUT2D eigenvalue weighted by molar-refractivity contribution is -0.0328. The van der Waals surface area contributed by atoms with Crippen molar-refractivity contribution in [3.05, 3.63) is 47.5 Å². The number of methoxy groups -OCH3 is 1. The highest BCUT2D eigenvalue weighted by Gasteiger charge is 2.29. The number of carbonyl (C=O) groups is 1. The third kappa shape index (κ3) is 6.38. The molecule has 2 aliphatic rings. The number of hydrogen-bond acceptors (Lipinski definition) is 7. The van der Waals surface area contributed by atoms with Gasteiger partial charge in [-0.1, -0.05) is 12.1 Å². The van der Waals surface area contributed by atoms with Crippen LogP contribution in [0, 0.1) is 0 Å². The van der Waals surface area contributed by atoms with E-state index in [-0.39, 0.29) is 36.1 Å². The number of rotatable bonds is 7. The first-order valence-corrected chi connectivity index (χ1v) is 11.1. The van der Waals surface area contributed by atoms with E-state index < -0.39 is 11.6 Å². The summed E-state index contributed by atoms with van der Waals surface area (Å²) in [6.07, 6.45) is 0.223. The van der Waals surface area contributed by atoms with Gasteiger partial charge >= 0.3 is 11.6 Å². The molecule has 2 aliphatic heterocycles. The number of alkyl halides is 3. The van der Waals surface area contributed by atoms with Crippen LogP contribution in [0.2, 0.25) is 0 Å². The predicted molar refractivity (Wildman–Crippen MR) is 114 cm³/mol. The number of carbonyl (C=O) groups excluding carboxylic acids is 1. The Hall–Kier alpha value is -2.79. The summed E-state index contributed by atoms with van der Waals surface area (Å²) in [4.78, 5) is 14.4. The summed E-state index contributed by atoms with van der Waals surface area (Å²) in [5.41, 5.74) is -2.70. The van der Waals surface area contributed by atoms with Crippen LogP contribution in [-0.4, -0.2) is 49.5 Å². The van der Waals surface area contributed by atoms with Crippen LogP contribution < -0.4 is 19.5 Å². The first kappa shape index (κ1) is 23.4. The number of likely N-dealkylation sites (tertiary alicyclic amines) is 1. The fourth-order valence-electron chi connectivity index (χ4n) is 3.77. The highest BCUT2D eigenvalue weighted by atomic mass is 32.2. The van der Waals surface area contributed by atoms with Crippen molar-refractivity contribution in [3.63, 3.8) is 0 Å². The Morgan fingerprint density at radius 2 is 2.00 bits per heavy atom. The number of nitrogens with zero attached hydrogens (tertiary/aromatic N) is 1. The van der Waals surface area contributed by atoms with Gasteiger partial charge in [0.05, 0.1) is 7.11 Å². The molecule has 1 N–H and O–H groups in total. The fraction of sp³-hybridized carbons (Fsp3) is 0.409. The smallest absolute Gasteiger partial charge is 0.446 e. The van der Waals surface area contributed by atoms with Crippen LogP contribution in [0.3, 0.4) is 0 Å². The normalized spacial score (nSPS) is 17.8. The largest absolute Gasteiger partial charge is 0.493 e. The van der Waals surface area contributed by atoms with Gasteiger partial charge in [0.25, 0.3) is 0 Å². The minimum Gasteiger partial charge on any atom is -0.493 e. The molecule has 0 spiro atoms. The molecule has 4 rings (SSSR count). The molecule has 0 aliphatic carbocycles. The molecule has 11 heteroatoms. The van der Waals surface area contributed by atoms with E-state index in [9.17, 15) is 18.0 Å². The van der Waals surface area contributed by atoms with Crippen molar-refractivity contribution in [3.8, 4) is 17.2 Å².